The zero-order valence-corrected chi connectivity index (χ0v) is 21.3. The molecule has 37 heavy (non-hydrogen) atoms. The molecule has 0 atom stereocenters. The minimum Gasteiger partial charge on any atom is -0.478 e. The van der Waals surface area contributed by atoms with Gasteiger partial charge in [-0.1, -0.05) is 12.1 Å². The molecule has 1 aliphatic heterocycles. The Morgan fingerprint density at radius 3 is 2.54 bits per heavy atom. The number of pyridine rings is 1. The number of benzene rings is 1. The quantitative estimate of drug-likeness (QED) is 0.535. The molecule has 0 radical (unpaired) electrons. The van der Waals surface area contributed by atoms with E-state index >= 15 is 0 Å². The Morgan fingerprint density at radius 2 is 1.86 bits per heavy atom. The van der Waals surface area contributed by atoms with Gasteiger partial charge < -0.3 is 15.3 Å². The molecule has 2 N–H and O–H groups in total. The lowest BCUT2D eigenvalue weighted by Gasteiger charge is -2.43. The second kappa shape index (κ2) is 9.46. The van der Waals surface area contributed by atoms with E-state index in [0.29, 0.717) is 42.1 Å². The van der Waals surface area contributed by atoms with Gasteiger partial charge in [0.25, 0.3) is 5.91 Å². The number of anilines is 1. The number of nitrogens with one attached hydrogen (secondary N) is 1. The molecular formula is C28H31N5O4. The predicted molar refractivity (Wildman–Crippen MR) is 139 cm³/mol. The smallest absolute Gasteiger partial charge is 0.335 e. The molecule has 3 aromatic rings. The van der Waals surface area contributed by atoms with Crippen LogP contribution in [0.5, 0.6) is 0 Å². The van der Waals surface area contributed by atoms with Crippen LogP contribution in [0.1, 0.15) is 75.9 Å². The van der Waals surface area contributed by atoms with Crippen molar-refractivity contribution in [3.8, 4) is 11.3 Å². The first-order valence-corrected chi connectivity index (χ1v) is 12.6. The van der Waals surface area contributed by atoms with Crippen LogP contribution in [0.4, 0.5) is 5.82 Å². The van der Waals surface area contributed by atoms with Gasteiger partial charge in [-0.05, 0) is 62.8 Å². The zero-order valence-electron chi connectivity index (χ0n) is 21.3. The molecule has 2 aromatic heterocycles. The van der Waals surface area contributed by atoms with Gasteiger partial charge in [0.2, 0.25) is 0 Å². The number of aromatic carboxylic acids is 1. The van der Waals surface area contributed by atoms with Gasteiger partial charge >= 0.3 is 5.97 Å². The van der Waals surface area contributed by atoms with E-state index < -0.39 is 5.97 Å². The fourth-order valence-electron chi connectivity index (χ4n) is 5.62. The Kier molecular flexibility index (Phi) is 6.31. The highest BCUT2D eigenvalue weighted by Crippen LogP contribution is 2.44. The zero-order chi connectivity index (χ0) is 26.3. The molecular weight excluding hydrogens is 470 g/mol. The van der Waals surface area contributed by atoms with Crippen molar-refractivity contribution in [2.45, 2.75) is 45.6 Å². The van der Waals surface area contributed by atoms with Crippen molar-refractivity contribution in [2.75, 3.05) is 25.5 Å². The first-order chi connectivity index (χ1) is 17.7. The number of ketones is 1. The van der Waals surface area contributed by atoms with E-state index in [2.05, 4.69) is 15.4 Å². The van der Waals surface area contributed by atoms with Crippen molar-refractivity contribution >= 4 is 23.5 Å². The predicted octanol–water partition coefficient (Wildman–Crippen LogP) is 4.32. The Bertz CT molecular complexity index is 1380. The average molecular weight is 502 g/mol. The number of carbonyl (C=O) groups excluding carboxylic acids is 2. The summed E-state index contributed by atoms with van der Waals surface area (Å²) < 4.78 is 1.83. The van der Waals surface area contributed by atoms with E-state index in [0.717, 1.165) is 30.5 Å². The Labute approximate surface area is 215 Å². The van der Waals surface area contributed by atoms with Gasteiger partial charge in [0.15, 0.2) is 5.78 Å². The first-order valence-electron chi connectivity index (χ1n) is 12.6. The molecule has 1 amide bonds. The first kappa shape index (κ1) is 24.7. The summed E-state index contributed by atoms with van der Waals surface area (Å²) in [5.41, 5.74) is 3.54. The maximum absolute atomic E-state index is 13.5. The number of rotatable bonds is 5. The number of piperidine rings is 1. The average Bonchev–Trinajstić information content (AvgIpc) is 3.33. The van der Waals surface area contributed by atoms with Gasteiger partial charge in [-0.3, -0.25) is 14.3 Å². The summed E-state index contributed by atoms with van der Waals surface area (Å²) in [6.07, 6.45) is 4.67. The summed E-state index contributed by atoms with van der Waals surface area (Å²) in [5, 5.41) is 16.8. The molecule has 2 aliphatic rings. The van der Waals surface area contributed by atoms with Crippen LogP contribution in [0.25, 0.3) is 11.3 Å². The van der Waals surface area contributed by atoms with Crippen LogP contribution < -0.4 is 5.32 Å². The molecule has 9 heteroatoms. The largest absolute Gasteiger partial charge is 0.478 e. The Hall–Kier alpha value is -4.01. The lowest BCUT2D eigenvalue weighted by atomic mass is 9.67. The summed E-state index contributed by atoms with van der Waals surface area (Å²) in [7, 11) is 1.71. The van der Waals surface area contributed by atoms with E-state index in [9.17, 15) is 19.5 Å². The summed E-state index contributed by atoms with van der Waals surface area (Å²) in [6, 6.07) is 10.2. The molecule has 5 rings (SSSR count). The Balaban J connectivity index is 1.32. The van der Waals surface area contributed by atoms with Gasteiger partial charge in [-0.25, -0.2) is 9.78 Å². The third-order valence-electron chi connectivity index (χ3n) is 7.60. The maximum Gasteiger partial charge on any atom is 0.335 e. The third kappa shape index (κ3) is 4.50. The van der Waals surface area contributed by atoms with Crippen molar-refractivity contribution < 1.29 is 19.5 Å². The molecule has 192 valence electrons. The number of aromatic nitrogens is 3. The van der Waals surface area contributed by atoms with Gasteiger partial charge in [0.05, 0.1) is 23.0 Å². The molecule has 1 aromatic carbocycles. The minimum atomic E-state index is -1.00. The molecule has 3 heterocycles. The monoisotopic (exact) mass is 501 g/mol. The Morgan fingerprint density at radius 1 is 1.11 bits per heavy atom. The number of carboxylic acid groups (broad SMARTS) is 1. The highest BCUT2D eigenvalue weighted by Gasteiger charge is 2.43. The molecule has 1 fully saturated rings. The van der Waals surface area contributed by atoms with Crippen LogP contribution in [-0.4, -0.2) is 62.6 Å². The second-order valence-corrected chi connectivity index (χ2v) is 10.4. The number of likely N-dealkylation sites (tertiary alicyclic amines) is 1. The number of Topliss-reactive ketones (excluding diaryl/α,β-unsaturated/α-hetero) is 1. The third-order valence-corrected chi connectivity index (χ3v) is 7.60. The summed E-state index contributed by atoms with van der Waals surface area (Å²) in [5.74, 6) is -0.512. The standard InChI is InChI=1S/C28H31N5O4/c1-17(2)33-24-20(16-30-33)14-28(15-23(24)34)9-11-32(12-10-28)26(35)21-7-8-22(31-25(21)29-3)18-5-4-6-19(13-18)27(36)37/h4-8,13,16-17H,9-12,14-15H2,1-3H3,(H,29,31)(H,36,37). The number of fused-ring (bicyclic) bond motifs is 1. The van der Waals surface area contributed by atoms with E-state index in [1.165, 1.54) is 6.07 Å². The van der Waals surface area contributed by atoms with E-state index in [1.807, 2.05) is 29.6 Å². The second-order valence-electron chi connectivity index (χ2n) is 10.4. The van der Waals surface area contributed by atoms with E-state index in [1.54, 1.807) is 37.4 Å². The number of carboxylic acids is 1. The van der Waals surface area contributed by atoms with Crippen LogP contribution in [0.2, 0.25) is 0 Å². The number of carbonyl (C=O) groups is 3. The van der Waals surface area contributed by atoms with E-state index in [-0.39, 0.29) is 28.7 Å². The molecule has 1 aliphatic carbocycles. The van der Waals surface area contributed by atoms with Crippen molar-refractivity contribution in [1.29, 1.82) is 0 Å². The number of amides is 1. The minimum absolute atomic E-state index is 0.104. The van der Waals surface area contributed by atoms with Gasteiger partial charge in [0.1, 0.15) is 11.5 Å². The van der Waals surface area contributed by atoms with E-state index in [4.69, 9.17) is 0 Å². The van der Waals surface area contributed by atoms with Crippen molar-refractivity contribution in [3.05, 3.63) is 65.0 Å². The number of hydrogen-bond acceptors (Lipinski definition) is 6. The van der Waals surface area contributed by atoms with Gasteiger partial charge in [-0.15, -0.1) is 0 Å². The van der Waals surface area contributed by atoms with Crippen molar-refractivity contribution in [2.24, 2.45) is 5.41 Å². The number of hydrogen-bond donors (Lipinski definition) is 2. The van der Waals surface area contributed by atoms with Gasteiger partial charge in [0, 0.05) is 43.7 Å². The summed E-state index contributed by atoms with van der Waals surface area (Å²) >= 11 is 0. The molecule has 0 saturated carbocycles. The SMILES string of the molecule is CNc1nc(-c2cccc(C(=O)O)c2)ccc1C(=O)N1CCC2(CC1)CC(=O)c1c(cnn1C(C)C)C2. The molecule has 1 saturated heterocycles. The molecule has 1 spiro atoms. The number of nitrogens with zero attached hydrogens (tertiary/aromatic N) is 4. The van der Waals surface area contributed by atoms with Crippen LogP contribution in [0, 0.1) is 5.41 Å². The summed E-state index contributed by atoms with van der Waals surface area (Å²) in [4.78, 5) is 44.3. The van der Waals surface area contributed by atoms with Crippen molar-refractivity contribution in [3.63, 3.8) is 0 Å². The van der Waals surface area contributed by atoms with Crippen LogP contribution in [0.3, 0.4) is 0 Å². The topological polar surface area (TPSA) is 117 Å². The van der Waals surface area contributed by atoms with Crippen LogP contribution in [-0.2, 0) is 6.42 Å². The van der Waals surface area contributed by atoms with Crippen molar-refractivity contribution in [1.82, 2.24) is 19.7 Å². The van der Waals surface area contributed by atoms with Crippen LogP contribution in [0.15, 0.2) is 42.6 Å². The maximum atomic E-state index is 13.5. The highest BCUT2D eigenvalue weighted by atomic mass is 16.4. The summed E-state index contributed by atoms with van der Waals surface area (Å²) in [6.45, 7) is 5.21. The van der Waals surface area contributed by atoms with Gasteiger partial charge in [-0.2, -0.15) is 5.10 Å². The molecule has 9 nitrogen and oxygen atoms in total. The normalized spacial score (nSPS) is 16.6. The lowest BCUT2D eigenvalue weighted by molar-refractivity contribution is 0.0517. The lowest BCUT2D eigenvalue weighted by Crippen LogP contribution is -2.46. The fourth-order valence-corrected chi connectivity index (χ4v) is 5.62. The molecule has 0 unspecified atom stereocenters. The van der Waals surface area contributed by atoms with Crippen LogP contribution >= 0.6 is 0 Å². The molecule has 0 bridgehead atoms. The fraction of sp³-hybridized carbons (Fsp3) is 0.393. The highest BCUT2D eigenvalue weighted by molar-refractivity contribution is 6.00.